The molecule has 1 amide bonds. The van der Waals surface area contributed by atoms with E-state index in [9.17, 15) is 14.7 Å². The van der Waals surface area contributed by atoms with Crippen LogP contribution in [-0.4, -0.2) is 33.0 Å². The lowest BCUT2D eigenvalue weighted by molar-refractivity contribution is -0.137. The van der Waals surface area contributed by atoms with Crippen LogP contribution in [0.3, 0.4) is 0 Å². The van der Waals surface area contributed by atoms with Crippen LogP contribution in [-0.2, 0) is 11.8 Å². The van der Waals surface area contributed by atoms with E-state index in [1.807, 2.05) is 50.6 Å². The van der Waals surface area contributed by atoms with Gasteiger partial charge in [0.25, 0.3) is 5.91 Å². The maximum Gasteiger partial charge on any atom is 0.305 e. The number of hydrogen-bond donors (Lipinski definition) is 2. The lowest BCUT2D eigenvalue weighted by Gasteiger charge is -2.17. The Balaban J connectivity index is 1.85. The summed E-state index contributed by atoms with van der Waals surface area (Å²) in [5.41, 5.74) is 1.64. The molecule has 1 aromatic carbocycles. The summed E-state index contributed by atoms with van der Waals surface area (Å²) < 4.78 is 1.75. The lowest BCUT2D eigenvalue weighted by atomic mass is 10.0. The van der Waals surface area contributed by atoms with Crippen molar-refractivity contribution in [3.63, 3.8) is 0 Å². The predicted octanol–water partition coefficient (Wildman–Crippen LogP) is 3.61. The second-order valence-electron chi connectivity index (χ2n) is 5.94. The molecule has 0 aliphatic rings. The van der Waals surface area contributed by atoms with Crippen LogP contribution in [0, 0.1) is 6.92 Å². The van der Waals surface area contributed by atoms with Gasteiger partial charge in [0, 0.05) is 17.3 Å². The van der Waals surface area contributed by atoms with Crippen molar-refractivity contribution in [3.05, 3.63) is 46.5 Å². The number of nitrogens with zero attached hydrogens (tertiary/aromatic N) is 2. The Morgan fingerprint density at radius 3 is 2.62 bits per heavy atom. The SMILES string of the molecule is CSc1ccc(C(CC(=O)O)NC(=O)c2cc3c(C)nn(C)c3s2)cc1. The molecule has 2 N–H and O–H groups in total. The van der Waals surface area contributed by atoms with Crippen LogP contribution >= 0.6 is 23.1 Å². The summed E-state index contributed by atoms with van der Waals surface area (Å²) in [7, 11) is 1.84. The summed E-state index contributed by atoms with van der Waals surface area (Å²) in [6.07, 6.45) is 1.81. The summed E-state index contributed by atoms with van der Waals surface area (Å²) >= 11 is 2.96. The van der Waals surface area contributed by atoms with E-state index in [1.54, 1.807) is 16.4 Å². The topological polar surface area (TPSA) is 84.2 Å². The van der Waals surface area contributed by atoms with Crippen LogP contribution in [0.25, 0.3) is 10.2 Å². The molecule has 0 saturated heterocycles. The van der Waals surface area contributed by atoms with Crippen LogP contribution in [0.1, 0.15) is 33.4 Å². The van der Waals surface area contributed by atoms with E-state index >= 15 is 0 Å². The van der Waals surface area contributed by atoms with Gasteiger partial charge in [0.1, 0.15) is 4.83 Å². The number of aliphatic carboxylic acids is 1. The molecule has 1 atom stereocenters. The smallest absolute Gasteiger partial charge is 0.305 e. The molecule has 0 radical (unpaired) electrons. The van der Waals surface area contributed by atoms with Gasteiger partial charge in [-0.2, -0.15) is 5.10 Å². The Labute approximate surface area is 159 Å². The standard InChI is InChI=1S/C18H19N3O3S2/c1-10-13-8-15(26-18(13)21(2)20-10)17(24)19-14(9-16(22)23)11-4-6-12(25-3)7-5-11/h4-8,14H,9H2,1-3H3,(H,19,24)(H,22,23). The second kappa shape index (κ2) is 7.51. The molecule has 8 heteroatoms. The number of carboxylic acids is 1. The van der Waals surface area contributed by atoms with E-state index in [0.29, 0.717) is 4.88 Å². The molecular formula is C18H19N3O3S2. The summed E-state index contributed by atoms with van der Waals surface area (Å²) in [5.74, 6) is -1.23. The number of carbonyl (C=O) groups is 2. The third kappa shape index (κ3) is 3.76. The van der Waals surface area contributed by atoms with E-state index in [-0.39, 0.29) is 12.3 Å². The molecule has 2 heterocycles. The number of rotatable bonds is 6. The maximum absolute atomic E-state index is 12.7. The first kappa shape index (κ1) is 18.5. The number of thioether (sulfide) groups is 1. The van der Waals surface area contributed by atoms with E-state index in [0.717, 1.165) is 26.4 Å². The molecule has 0 fully saturated rings. The molecule has 136 valence electrons. The van der Waals surface area contributed by atoms with Crippen molar-refractivity contribution in [2.45, 2.75) is 24.3 Å². The van der Waals surface area contributed by atoms with Crippen LogP contribution in [0.2, 0.25) is 0 Å². The van der Waals surface area contributed by atoms with E-state index in [2.05, 4.69) is 10.4 Å². The fraction of sp³-hybridized carbons (Fsp3) is 0.278. The number of carbonyl (C=O) groups excluding carboxylic acids is 1. The number of hydrogen-bond acceptors (Lipinski definition) is 5. The van der Waals surface area contributed by atoms with Crippen LogP contribution < -0.4 is 5.32 Å². The summed E-state index contributed by atoms with van der Waals surface area (Å²) in [6.45, 7) is 1.90. The van der Waals surface area contributed by atoms with Crippen molar-refractivity contribution in [2.24, 2.45) is 7.05 Å². The van der Waals surface area contributed by atoms with E-state index in [1.165, 1.54) is 11.3 Å². The normalized spacial score (nSPS) is 12.3. The average molecular weight is 390 g/mol. The quantitative estimate of drug-likeness (QED) is 0.629. The highest BCUT2D eigenvalue weighted by Crippen LogP contribution is 2.28. The Bertz CT molecular complexity index is 926. The molecule has 26 heavy (non-hydrogen) atoms. The van der Waals surface area contributed by atoms with Gasteiger partial charge in [-0.1, -0.05) is 12.1 Å². The zero-order valence-corrected chi connectivity index (χ0v) is 16.3. The minimum Gasteiger partial charge on any atom is -0.481 e. The Hall–Kier alpha value is -2.32. The lowest BCUT2D eigenvalue weighted by Crippen LogP contribution is -2.29. The van der Waals surface area contributed by atoms with Crippen molar-refractivity contribution >= 4 is 45.2 Å². The molecule has 2 aromatic heterocycles. The molecule has 1 unspecified atom stereocenters. The first-order valence-corrected chi connectivity index (χ1v) is 10.0. The van der Waals surface area contributed by atoms with Crippen LogP contribution in [0.4, 0.5) is 0 Å². The van der Waals surface area contributed by atoms with Crippen molar-refractivity contribution in [2.75, 3.05) is 6.26 Å². The molecule has 0 saturated carbocycles. The number of fused-ring (bicyclic) bond motifs is 1. The highest BCUT2D eigenvalue weighted by Gasteiger charge is 2.21. The van der Waals surface area contributed by atoms with Crippen molar-refractivity contribution in [1.29, 1.82) is 0 Å². The molecule has 0 spiro atoms. The average Bonchev–Trinajstić information content (AvgIpc) is 3.16. The molecule has 0 aliphatic carbocycles. The Morgan fingerprint density at radius 2 is 2.04 bits per heavy atom. The highest BCUT2D eigenvalue weighted by molar-refractivity contribution is 7.98. The minimum absolute atomic E-state index is 0.171. The third-order valence-electron chi connectivity index (χ3n) is 4.12. The monoisotopic (exact) mass is 389 g/mol. The maximum atomic E-state index is 12.7. The molecule has 3 aromatic rings. The van der Waals surface area contributed by atoms with Gasteiger partial charge in [-0.05, 0) is 36.9 Å². The number of benzene rings is 1. The number of aryl methyl sites for hydroxylation is 2. The first-order chi connectivity index (χ1) is 12.4. The van der Waals surface area contributed by atoms with E-state index in [4.69, 9.17) is 0 Å². The largest absolute Gasteiger partial charge is 0.481 e. The number of nitrogens with one attached hydrogen (secondary N) is 1. The predicted molar refractivity (Wildman–Crippen MR) is 104 cm³/mol. The van der Waals surface area contributed by atoms with Gasteiger partial charge >= 0.3 is 5.97 Å². The van der Waals surface area contributed by atoms with Gasteiger partial charge in [0.15, 0.2) is 0 Å². The van der Waals surface area contributed by atoms with Gasteiger partial charge in [0.05, 0.1) is 23.0 Å². The highest BCUT2D eigenvalue weighted by atomic mass is 32.2. The summed E-state index contributed by atoms with van der Waals surface area (Å²) in [4.78, 5) is 26.5. The Morgan fingerprint density at radius 1 is 1.35 bits per heavy atom. The Kier molecular flexibility index (Phi) is 5.33. The van der Waals surface area contributed by atoms with Crippen molar-refractivity contribution < 1.29 is 14.7 Å². The zero-order chi connectivity index (χ0) is 18.8. The molecule has 0 bridgehead atoms. The van der Waals surface area contributed by atoms with Gasteiger partial charge in [0.2, 0.25) is 0 Å². The minimum atomic E-state index is -0.958. The molecule has 6 nitrogen and oxygen atoms in total. The number of amides is 1. The van der Waals surface area contributed by atoms with Gasteiger partial charge in [-0.25, -0.2) is 0 Å². The fourth-order valence-electron chi connectivity index (χ4n) is 2.81. The molecule has 3 rings (SSSR count). The second-order valence-corrected chi connectivity index (χ2v) is 7.85. The first-order valence-electron chi connectivity index (χ1n) is 7.98. The van der Waals surface area contributed by atoms with Gasteiger partial charge < -0.3 is 10.4 Å². The summed E-state index contributed by atoms with van der Waals surface area (Å²) in [5, 5.41) is 17.4. The van der Waals surface area contributed by atoms with E-state index < -0.39 is 12.0 Å². The summed E-state index contributed by atoms with van der Waals surface area (Å²) in [6, 6.07) is 8.80. The van der Waals surface area contributed by atoms with Crippen LogP contribution in [0.5, 0.6) is 0 Å². The van der Waals surface area contributed by atoms with Crippen molar-refractivity contribution in [1.82, 2.24) is 15.1 Å². The number of thiophene rings is 1. The zero-order valence-electron chi connectivity index (χ0n) is 14.6. The van der Waals surface area contributed by atoms with Crippen molar-refractivity contribution in [3.8, 4) is 0 Å². The number of aromatic nitrogens is 2. The fourth-order valence-corrected chi connectivity index (χ4v) is 4.24. The van der Waals surface area contributed by atoms with Gasteiger partial charge in [-0.3, -0.25) is 14.3 Å². The van der Waals surface area contributed by atoms with Gasteiger partial charge in [-0.15, -0.1) is 23.1 Å². The molecule has 0 aliphatic heterocycles. The molecular weight excluding hydrogens is 370 g/mol. The third-order valence-corrected chi connectivity index (χ3v) is 6.07. The van der Waals surface area contributed by atoms with Crippen LogP contribution in [0.15, 0.2) is 35.2 Å². The number of carboxylic acid groups (broad SMARTS) is 1.